The molecule has 0 aliphatic heterocycles. The van der Waals surface area contributed by atoms with Crippen LogP contribution >= 0.6 is 0 Å². The molecule has 1 rings (SSSR count). The van der Waals surface area contributed by atoms with E-state index < -0.39 is 11.4 Å². The molecule has 68 valence electrons. The quantitative estimate of drug-likeness (QED) is 0.488. The van der Waals surface area contributed by atoms with Crippen LogP contribution in [0.5, 0.6) is 5.75 Å². The molecule has 0 aliphatic carbocycles. The molecule has 0 N–H and O–H groups in total. The standard InChI is InChI=1S/C8H6O5/c1-5(10)13-8-4-12-6(3-9)2-7(8)11/h2-4H,1H3. The van der Waals surface area contributed by atoms with E-state index in [2.05, 4.69) is 9.15 Å². The maximum atomic E-state index is 11.0. The zero-order chi connectivity index (χ0) is 9.84. The van der Waals surface area contributed by atoms with Gasteiger partial charge in [0.1, 0.15) is 6.26 Å². The van der Waals surface area contributed by atoms with E-state index in [0.717, 1.165) is 19.3 Å². The van der Waals surface area contributed by atoms with E-state index in [1.54, 1.807) is 0 Å². The van der Waals surface area contributed by atoms with E-state index >= 15 is 0 Å². The molecule has 1 heterocycles. The molecule has 0 aliphatic rings. The highest BCUT2D eigenvalue weighted by Gasteiger charge is 2.05. The fraction of sp³-hybridized carbons (Fsp3) is 0.125. The molecule has 0 aromatic carbocycles. The van der Waals surface area contributed by atoms with Crippen molar-refractivity contribution in [2.45, 2.75) is 6.92 Å². The normalized spacial score (nSPS) is 9.31. The lowest BCUT2D eigenvalue weighted by molar-refractivity contribution is -0.132. The second-order valence-corrected chi connectivity index (χ2v) is 2.22. The van der Waals surface area contributed by atoms with Gasteiger partial charge in [0.15, 0.2) is 12.0 Å². The molecule has 0 amide bonds. The molecule has 5 heteroatoms. The summed E-state index contributed by atoms with van der Waals surface area (Å²) in [7, 11) is 0. The topological polar surface area (TPSA) is 73.6 Å². The maximum Gasteiger partial charge on any atom is 0.308 e. The maximum absolute atomic E-state index is 11.0. The predicted molar refractivity (Wildman–Crippen MR) is 41.7 cm³/mol. The van der Waals surface area contributed by atoms with Crippen molar-refractivity contribution < 1.29 is 18.7 Å². The van der Waals surface area contributed by atoms with E-state index in [9.17, 15) is 14.4 Å². The van der Waals surface area contributed by atoms with Crippen LogP contribution in [0.15, 0.2) is 21.5 Å². The average molecular weight is 182 g/mol. The molecule has 0 fully saturated rings. The summed E-state index contributed by atoms with van der Waals surface area (Å²) < 4.78 is 9.13. The third kappa shape index (κ3) is 2.26. The van der Waals surface area contributed by atoms with Gasteiger partial charge in [0, 0.05) is 13.0 Å². The summed E-state index contributed by atoms with van der Waals surface area (Å²) in [4.78, 5) is 31.6. The minimum Gasteiger partial charge on any atom is -0.457 e. The van der Waals surface area contributed by atoms with Gasteiger partial charge in [-0.3, -0.25) is 14.4 Å². The SMILES string of the molecule is CC(=O)Oc1coc(C=O)cc1=O. The van der Waals surface area contributed by atoms with Gasteiger partial charge in [0.25, 0.3) is 0 Å². The lowest BCUT2D eigenvalue weighted by atomic mass is 10.4. The highest BCUT2D eigenvalue weighted by Crippen LogP contribution is 2.04. The Morgan fingerprint density at radius 1 is 1.62 bits per heavy atom. The summed E-state index contributed by atoms with van der Waals surface area (Å²) in [5.41, 5.74) is -0.566. The summed E-state index contributed by atoms with van der Waals surface area (Å²) >= 11 is 0. The molecule has 0 atom stereocenters. The van der Waals surface area contributed by atoms with Crippen molar-refractivity contribution in [3.63, 3.8) is 0 Å². The Morgan fingerprint density at radius 2 is 2.31 bits per heavy atom. The molecule has 13 heavy (non-hydrogen) atoms. The Hall–Kier alpha value is -1.91. The van der Waals surface area contributed by atoms with Crippen LogP contribution in [-0.2, 0) is 4.79 Å². The monoisotopic (exact) mass is 182 g/mol. The molecule has 0 radical (unpaired) electrons. The third-order valence-electron chi connectivity index (χ3n) is 1.19. The smallest absolute Gasteiger partial charge is 0.308 e. The van der Waals surface area contributed by atoms with Crippen LogP contribution in [0.2, 0.25) is 0 Å². The second kappa shape index (κ2) is 3.66. The molecule has 1 aromatic rings. The lowest BCUT2D eigenvalue weighted by Crippen LogP contribution is -2.11. The number of esters is 1. The first-order valence-corrected chi connectivity index (χ1v) is 3.40. The lowest BCUT2D eigenvalue weighted by Gasteiger charge is -1.97. The Labute approximate surface area is 72.9 Å². The van der Waals surface area contributed by atoms with Crippen molar-refractivity contribution in [1.29, 1.82) is 0 Å². The number of aldehydes is 1. The van der Waals surface area contributed by atoms with Gasteiger partial charge in [0.05, 0.1) is 0 Å². The number of carbonyl (C=O) groups excluding carboxylic acids is 2. The van der Waals surface area contributed by atoms with Crippen molar-refractivity contribution in [1.82, 2.24) is 0 Å². The van der Waals surface area contributed by atoms with Crippen molar-refractivity contribution in [3.8, 4) is 5.75 Å². The predicted octanol–water partition coefficient (Wildman–Crippen LogP) is 0.378. The summed E-state index contributed by atoms with van der Waals surface area (Å²) in [6.45, 7) is 1.16. The van der Waals surface area contributed by atoms with E-state index in [-0.39, 0.29) is 11.5 Å². The molecular formula is C8H6O5. The van der Waals surface area contributed by atoms with Gasteiger partial charge >= 0.3 is 5.97 Å². The number of carbonyl (C=O) groups is 2. The number of rotatable bonds is 2. The average Bonchev–Trinajstić information content (AvgIpc) is 2.08. The van der Waals surface area contributed by atoms with Crippen LogP contribution in [0.1, 0.15) is 17.5 Å². The Morgan fingerprint density at radius 3 is 2.77 bits per heavy atom. The summed E-state index contributed by atoms with van der Waals surface area (Å²) in [5, 5.41) is 0. The Kier molecular flexibility index (Phi) is 2.59. The summed E-state index contributed by atoms with van der Waals surface area (Å²) in [6, 6.07) is 0.950. The first kappa shape index (κ1) is 9.18. The van der Waals surface area contributed by atoms with Crippen molar-refractivity contribution in [2.75, 3.05) is 0 Å². The van der Waals surface area contributed by atoms with Crippen molar-refractivity contribution in [2.24, 2.45) is 0 Å². The number of hydrogen-bond acceptors (Lipinski definition) is 5. The Balaban J connectivity index is 3.05. The van der Waals surface area contributed by atoms with Crippen LogP contribution < -0.4 is 10.2 Å². The van der Waals surface area contributed by atoms with Gasteiger partial charge in [0.2, 0.25) is 11.2 Å². The highest BCUT2D eigenvalue weighted by atomic mass is 16.5. The molecule has 0 saturated heterocycles. The van der Waals surface area contributed by atoms with Gasteiger partial charge in [-0.05, 0) is 0 Å². The first-order chi connectivity index (χ1) is 6.13. The minimum absolute atomic E-state index is 0.110. The third-order valence-corrected chi connectivity index (χ3v) is 1.19. The van der Waals surface area contributed by atoms with Gasteiger partial charge in [-0.1, -0.05) is 0 Å². The number of ether oxygens (including phenoxy) is 1. The first-order valence-electron chi connectivity index (χ1n) is 3.40. The van der Waals surface area contributed by atoms with Crippen LogP contribution in [0, 0.1) is 0 Å². The van der Waals surface area contributed by atoms with E-state index in [1.807, 2.05) is 0 Å². The zero-order valence-corrected chi connectivity index (χ0v) is 6.77. The van der Waals surface area contributed by atoms with Crippen LogP contribution in [0.25, 0.3) is 0 Å². The van der Waals surface area contributed by atoms with Crippen molar-refractivity contribution >= 4 is 12.3 Å². The summed E-state index contributed by atoms with van der Waals surface area (Å²) in [5.74, 6) is -0.954. The molecule has 0 spiro atoms. The molecule has 0 bridgehead atoms. The molecule has 0 unspecified atom stereocenters. The van der Waals surface area contributed by atoms with Crippen LogP contribution in [0.3, 0.4) is 0 Å². The molecule has 0 saturated carbocycles. The number of hydrogen-bond donors (Lipinski definition) is 0. The molecule has 5 nitrogen and oxygen atoms in total. The largest absolute Gasteiger partial charge is 0.457 e. The molecule has 1 aromatic heterocycles. The highest BCUT2D eigenvalue weighted by molar-refractivity contribution is 5.71. The van der Waals surface area contributed by atoms with E-state index in [4.69, 9.17) is 0 Å². The van der Waals surface area contributed by atoms with E-state index in [1.165, 1.54) is 0 Å². The van der Waals surface area contributed by atoms with Crippen LogP contribution in [-0.4, -0.2) is 12.3 Å². The minimum atomic E-state index is -0.619. The van der Waals surface area contributed by atoms with Crippen molar-refractivity contribution in [3.05, 3.63) is 28.3 Å². The fourth-order valence-corrected chi connectivity index (χ4v) is 0.705. The van der Waals surface area contributed by atoms with Gasteiger partial charge in [-0.2, -0.15) is 0 Å². The zero-order valence-electron chi connectivity index (χ0n) is 6.77. The van der Waals surface area contributed by atoms with Crippen LogP contribution in [0.4, 0.5) is 0 Å². The fourth-order valence-electron chi connectivity index (χ4n) is 0.705. The van der Waals surface area contributed by atoms with Gasteiger partial charge in [-0.15, -0.1) is 0 Å². The molecular weight excluding hydrogens is 176 g/mol. The Bertz CT molecular complexity index is 390. The van der Waals surface area contributed by atoms with E-state index in [0.29, 0.717) is 6.29 Å². The summed E-state index contributed by atoms with van der Waals surface area (Å²) in [6.07, 6.45) is 1.31. The van der Waals surface area contributed by atoms with Gasteiger partial charge < -0.3 is 9.15 Å². The second-order valence-electron chi connectivity index (χ2n) is 2.22. The van der Waals surface area contributed by atoms with Gasteiger partial charge in [-0.25, -0.2) is 0 Å².